The van der Waals surface area contributed by atoms with Gasteiger partial charge in [-0.25, -0.2) is 4.79 Å². The van der Waals surface area contributed by atoms with Crippen LogP contribution in [0.4, 0.5) is 5.69 Å². The summed E-state index contributed by atoms with van der Waals surface area (Å²) in [7, 11) is 1.30. The summed E-state index contributed by atoms with van der Waals surface area (Å²) in [5, 5.41) is 2.62. The average Bonchev–Trinajstić information content (AvgIpc) is 2.42. The van der Waals surface area contributed by atoms with Crippen LogP contribution in [0.1, 0.15) is 24.2 Å². The summed E-state index contributed by atoms with van der Waals surface area (Å²) in [4.78, 5) is 35.5. The van der Waals surface area contributed by atoms with E-state index >= 15 is 0 Å². The molecule has 0 aliphatic rings. The highest BCUT2D eigenvalue weighted by Gasteiger charge is 2.13. The van der Waals surface area contributed by atoms with Gasteiger partial charge in [0.15, 0.2) is 0 Å². The fourth-order valence-electron chi connectivity index (χ4n) is 1.73. The van der Waals surface area contributed by atoms with Gasteiger partial charge in [-0.3, -0.25) is 9.59 Å². The van der Waals surface area contributed by atoms with Crippen LogP contribution in [0, 0.1) is 0 Å². The zero-order valence-corrected chi connectivity index (χ0v) is 11.8. The number of nitrogens with one attached hydrogen (secondary N) is 1. The lowest BCUT2D eigenvalue weighted by Gasteiger charge is -2.21. The monoisotopic (exact) mass is 278 g/mol. The maximum atomic E-state index is 11.7. The molecular formula is C14H18N2O4. The summed E-state index contributed by atoms with van der Waals surface area (Å²) in [6.45, 7) is 3.52. The molecule has 0 bridgehead atoms. The van der Waals surface area contributed by atoms with Crippen LogP contribution in [0.2, 0.25) is 0 Å². The number of carbonyl (C=O) groups excluding carboxylic acids is 3. The van der Waals surface area contributed by atoms with Crippen LogP contribution in [0.15, 0.2) is 24.3 Å². The number of methoxy groups -OCH3 is 1. The van der Waals surface area contributed by atoms with Gasteiger partial charge in [0.1, 0.15) is 0 Å². The molecule has 0 saturated carbocycles. The molecule has 6 heteroatoms. The van der Waals surface area contributed by atoms with E-state index in [9.17, 15) is 14.4 Å². The maximum Gasteiger partial charge on any atom is 0.337 e. The number of hydrogen-bond donors (Lipinski definition) is 1. The molecule has 1 rings (SSSR count). The van der Waals surface area contributed by atoms with Crippen molar-refractivity contribution in [2.24, 2.45) is 0 Å². The molecule has 0 radical (unpaired) electrons. The highest BCUT2D eigenvalue weighted by Crippen LogP contribution is 2.16. The standard InChI is InChI=1S/C14H18N2O4/c1-10(17)15-7-8-16(11(2)18)13-6-4-5-12(9-13)14(19)20-3/h4-6,9H,7-8H2,1-3H3,(H,15,17). The Hall–Kier alpha value is -2.37. The third kappa shape index (κ3) is 4.38. The van der Waals surface area contributed by atoms with E-state index in [0.717, 1.165) is 0 Å². The van der Waals surface area contributed by atoms with Crippen LogP contribution < -0.4 is 10.2 Å². The van der Waals surface area contributed by atoms with Crippen LogP contribution >= 0.6 is 0 Å². The summed E-state index contributed by atoms with van der Waals surface area (Å²) in [6.07, 6.45) is 0. The quantitative estimate of drug-likeness (QED) is 0.814. The minimum absolute atomic E-state index is 0.156. The first-order valence-electron chi connectivity index (χ1n) is 6.16. The smallest absolute Gasteiger partial charge is 0.337 e. The van der Waals surface area contributed by atoms with Crippen LogP contribution in [-0.4, -0.2) is 38.0 Å². The van der Waals surface area contributed by atoms with E-state index in [-0.39, 0.29) is 11.8 Å². The highest BCUT2D eigenvalue weighted by molar-refractivity contribution is 5.95. The second kappa shape index (κ2) is 7.28. The minimum atomic E-state index is -0.461. The van der Waals surface area contributed by atoms with Crippen LogP contribution in [-0.2, 0) is 14.3 Å². The Morgan fingerprint density at radius 2 is 1.95 bits per heavy atom. The minimum Gasteiger partial charge on any atom is -0.465 e. The summed E-state index contributed by atoms with van der Waals surface area (Å²) in [5.74, 6) is -0.786. The molecule has 0 saturated heterocycles. The van der Waals surface area contributed by atoms with E-state index < -0.39 is 5.97 Å². The van der Waals surface area contributed by atoms with Crippen LogP contribution in [0.25, 0.3) is 0 Å². The topological polar surface area (TPSA) is 75.7 Å². The van der Waals surface area contributed by atoms with Gasteiger partial charge in [-0.15, -0.1) is 0 Å². The Bertz CT molecular complexity index is 514. The van der Waals surface area contributed by atoms with E-state index in [1.165, 1.54) is 25.9 Å². The number of benzene rings is 1. The summed E-state index contributed by atoms with van der Waals surface area (Å²) in [5.41, 5.74) is 0.960. The van der Waals surface area contributed by atoms with Gasteiger partial charge in [-0.05, 0) is 18.2 Å². The first kappa shape index (κ1) is 15.7. The van der Waals surface area contributed by atoms with Crippen molar-refractivity contribution in [2.45, 2.75) is 13.8 Å². The summed E-state index contributed by atoms with van der Waals surface area (Å²) in [6, 6.07) is 6.60. The molecule has 0 aliphatic carbocycles. The van der Waals surface area contributed by atoms with E-state index in [1.807, 2.05) is 0 Å². The van der Waals surface area contributed by atoms with E-state index in [4.69, 9.17) is 0 Å². The molecule has 108 valence electrons. The first-order chi connectivity index (χ1) is 9.45. The molecule has 20 heavy (non-hydrogen) atoms. The molecule has 0 atom stereocenters. The van der Waals surface area contributed by atoms with E-state index in [0.29, 0.717) is 24.3 Å². The van der Waals surface area contributed by atoms with Gasteiger partial charge in [-0.1, -0.05) is 6.07 Å². The zero-order valence-electron chi connectivity index (χ0n) is 11.8. The van der Waals surface area contributed by atoms with Crippen molar-refractivity contribution in [3.63, 3.8) is 0 Å². The second-order valence-electron chi connectivity index (χ2n) is 4.20. The van der Waals surface area contributed by atoms with Crippen LogP contribution in [0.5, 0.6) is 0 Å². The van der Waals surface area contributed by atoms with Crippen molar-refractivity contribution in [2.75, 3.05) is 25.1 Å². The van der Waals surface area contributed by atoms with Crippen molar-refractivity contribution in [1.82, 2.24) is 5.32 Å². The predicted molar refractivity (Wildman–Crippen MR) is 74.5 cm³/mol. The molecule has 6 nitrogen and oxygen atoms in total. The third-order valence-corrected chi connectivity index (χ3v) is 2.67. The SMILES string of the molecule is COC(=O)c1cccc(N(CCNC(C)=O)C(C)=O)c1. The second-order valence-corrected chi connectivity index (χ2v) is 4.20. The van der Waals surface area contributed by atoms with Crippen molar-refractivity contribution in [3.05, 3.63) is 29.8 Å². The molecule has 1 aromatic carbocycles. The van der Waals surface area contributed by atoms with Gasteiger partial charge in [0.05, 0.1) is 12.7 Å². The highest BCUT2D eigenvalue weighted by atomic mass is 16.5. The fraction of sp³-hybridized carbons (Fsp3) is 0.357. The van der Waals surface area contributed by atoms with E-state index in [2.05, 4.69) is 10.1 Å². The molecule has 0 aromatic heterocycles. The zero-order chi connectivity index (χ0) is 15.1. The number of amides is 2. The summed E-state index contributed by atoms with van der Waals surface area (Å²) < 4.78 is 4.64. The van der Waals surface area contributed by atoms with Gasteiger partial charge >= 0.3 is 5.97 Å². The Morgan fingerprint density at radius 1 is 1.25 bits per heavy atom. The lowest BCUT2D eigenvalue weighted by Crippen LogP contribution is -2.36. The lowest BCUT2D eigenvalue weighted by atomic mass is 10.2. The van der Waals surface area contributed by atoms with Gasteiger partial charge in [0.25, 0.3) is 0 Å². The molecule has 0 spiro atoms. The molecule has 1 aromatic rings. The Morgan fingerprint density at radius 3 is 2.50 bits per heavy atom. The Labute approximate surface area is 117 Å². The molecule has 0 unspecified atom stereocenters. The first-order valence-corrected chi connectivity index (χ1v) is 6.16. The van der Waals surface area contributed by atoms with Crippen molar-refractivity contribution >= 4 is 23.5 Å². The number of ether oxygens (including phenoxy) is 1. The maximum absolute atomic E-state index is 11.7. The summed E-state index contributed by atoms with van der Waals surface area (Å²) >= 11 is 0. The van der Waals surface area contributed by atoms with Gasteiger partial charge in [-0.2, -0.15) is 0 Å². The Kier molecular flexibility index (Phi) is 5.71. The van der Waals surface area contributed by atoms with Crippen molar-refractivity contribution in [1.29, 1.82) is 0 Å². The molecule has 0 heterocycles. The average molecular weight is 278 g/mol. The number of hydrogen-bond acceptors (Lipinski definition) is 4. The lowest BCUT2D eigenvalue weighted by molar-refractivity contribution is -0.119. The largest absolute Gasteiger partial charge is 0.465 e. The fourth-order valence-corrected chi connectivity index (χ4v) is 1.73. The number of nitrogens with zero attached hydrogens (tertiary/aromatic N) is 1. The number of anilines is 1. The number of esters is 1. The molecular weight excluding hydrogens is 260 g/mol. The number of rotatable bonds is 5. The van der Waals surface area contributed by atoms with Gasteiger partial charge < -0.3 is 15.0 Å². The molecule has 0 fully saturated rings. The third-order valence-electron chi connectivity index (χ3n) is 2.67. The number of carbonyl (C=O) groups is 3. The van der Waals surface area contributed by atoms with Gasteiger partial charge in [0, 0.05) is 32.6 Å². The molecule has 2 amide bonds. The Balaban J connectivity index is 2.88. The molecule has 1 N–H and O–H groups in total. The van der Waals surface area contributed by atoms with Crippen molar-refractivity contribution < 1.29 is 19.1 Å². The van der Waals surface area contributed by atoms with Crippen molar-refractivity contribution in [3.8, 4) is 0 Å². The van der Waals surface area contributed by atoms with Crippen LogP contribution in [0.3, 0.4) is 0 Å². The van der Waals surface area contributed by atoms with Gasteiger partial charge in [0.2, 0.25) is 11.8 Å². The predicted octanol–water partition coefficient (Wildman–Crippen LogP) is 0.962. The normalized spacial score (nSPS) is 9.75. The molecule has 0 aliphatic heterocycles. The van der Waals surface area contributed by atoms with E-state index in [1.54, 1.807) is 24.3 Å².